The Morgan fingerprint density at radius 2 is 2.62 bits per heavy atom. The Labute approximate surface area is 44.7 Å². The normalized spacial score (nSPS) is 9.00. The molecule has 0 aliphatic carbocycles. The van der Waals surface area contributed by atoms with Gasteiger partial charge in [-0.2, -0.15) is 0 Å². The zero-order valence-corrected chi connectivity index (χ0v) is 3.79. The first-order valence-corrected chi connectivity index (χ1v) is 1.87. The van der Waals surface area contributed by atoms with Crippen LogP contribution < -0.4 is 0 Å². The first-order chi connectivity index (χ1) is 3.83. The second kappa shape index (κ2) is 1.65. The third kappa shape index (κ3) is 0.676. The van der Waals surface area contributed by atoms with Crippen molar-refractivity contribution in [3.05, 3.63) is 11.8 Å². The van der Waals surface area contributed by atoms with Gasteiger partial charge in [0, 0.05) is 0 Å². The van der Waals surface area contributed by atoms with Gasteiger partial charge in [0.05, 0.1) is 6.07 Å². The van der Waals surface area contributed by atoms with Crippen LogP contribution in [0.3, 0.4) is 0 Å². The highest BCUT2D eigenvalue weighted by atomic mass is 16.5. The van der Waals surface area contributed by atoms with Crippen molar-refractivity contribution < 1.29 is 14.4 Å². The number of aromatic nitrogens is 1. The SMILES string of the molecule is O=[C]c1cc(O)no1. The average Bonchev–Trinajstić information content (AvgIpc) is 2.14. The Hall–Kier alpha value is -1.32. The highest BCUT2D eigenvalue weighted by Crippen LogP contribution is 2.04. The predicted molar refractivity (Wildman–Crippen MR) is 23.0 cm³/mol. The Balaban J connectivity index is 3.00. The zero-order chi connectivity index (χ0) is 5.98. The molecule has 0 saturated carbocycles. The number of hydrogen-bond acceptors (Lipinski definition) is 4. The van der Waals surface area contributed by atoms with Crippen LogP contribution in [0.25, 0.3) is 0 Å². The van der Waals surface area contributed by atoms with Crippen LogP contribution in [0.2, 0.25) is 0 Å². The highest BCUT2D eigenvalue weighted by molar-refractivity contribution is 5.71. The van der Waals surface area contributed by atoms with E-state index in [-0.39, 0.29) is 11.6 Å². The van der Waals surface area contributed by atoms with Crippen molar-refractivity contribution in [2.45, 2.75) is 0 Å². The lowest BCUT2D eigenvalue weighted by atomic mass is 10.5. The standard InChI is InChI=1S/C4H2NO3/c6-2-3-1-4(7)5-8-3/h1H,(H,5,7). The Morgan fingerprint density at radius 3 is 2.88 bits per heavy atom. The van der Waals surface area contributed by atoms with E-state index in [1.165, 1.54) is 6.29 Å². The second-order valence-electron chi connectivity index (χ2n) is 1.15. The molecular weight excluding hydrogens is 110 g/mol. The summed E-state index contributed by atoms with van der Waals surface area (Å²) in [6.45, 7) is 0. The molecule has 0 aliphatic rings. The fourth-order valence-electron chi connectivity index (χ4n) is 0.314. The van der Waals surface area contributed by atoms with Crippen LogP contribution in [0.4, 0.5) is 0 Å². The summed E-state index contributed by atoms with van der Waals surface area (Å²) in [6, 6.07) is 1.08. The molecule has 0 saturated heterocycles. The third-order valence-corrected chi connectivity index (χ3v) is 0.598. The molecule has 4 heteroatoms. The van der Waals surface area contributed by atoms with Gasteiger partial charge in [0.25, 0.3) is 12.2 Å². The highest BCUT2D eigenvalue weighted by Gasteiger charge is 1.98. The Morgan fingerprint density at radius 1 is 1.88 bits per heavy atom. The average molecular weight is 112 g/mol. The van der Waals surface area contributed by atoms with E-state index in [4.69, 9.17) is 5.11 Å². The van der Waals surface area contributed by atoms with Crippen molar-refractivity contribution >= 4 is 6.29 Å². The van der Waals surface area contributed by atoms with Crippen LogP contribution in [0.1, 0.15) is 5.76 Å². The maximum Gasteiger partial charge on any atom is 0.275 e. The van der Waals surface area contributed by atoms with Crippen LogP contribution in [0.15, 0.2) is 10.6 Å². The molecule has 0 aliphatic heterocycles. The van der Waals surface area contributed by atoms with Gasteiger partial charge in [-0.25, -0.2) is 0 Å². The molecule has 0 bridgehead atoms. The molecule has 1 aromatic rings. The van der Waals surface area contributed by atoms with Crippen molar-refractivity contribution in [1.82, 2.24) is 5.16 Å². The van der Waals surface area contributed by atoms with Crippen LogP contribution >= 0.6 is 0 Å². The summed E-state index contributed by atoms with van der Waals surface area (Å²) in [6.07, 6.45) is 1.41. The summed E-state index contributed by atoms with van der Waals surface area (Å²) in [5, 5.41) is 11.4. The van der Waals surface area contributed by atoms with Crippen molar-refractivity contribution in [2.75, 3.05) is 0 Å². The van der Waals surface area contributed by atoms with E-state index in [0.717, 1.165) is 6.07 Å². The molecule has 0 spiro atoms. The van der Waals surface area contributed by atoms with Gasteiger partial charge in [0.1, 0.15) is 0 Å². The topological polar surface area (TPSA) is 63.3 Å². The minimum Gasteiger partial charge on any atom is -0.491 e. The molecule has 1 heterocycles. The van der Waals surface area contributed by atoms with Gasteiger partial charge in [0.2, 0.25) is 5.76 Å². The maximum atomic E-state index is 9.65. The molecule has 1 rings (SSSR count). The molecule has 1 radical (unpaired) electrons. The fourth-order valence-corrected chi connectivity index (χ4v) is 0.314. The smallest absolute Gasteiger partial charge is 0.275 e. The van der Waals surface area contributed by atoms with Crippen molar-refractivity contribution in [1.29, 1.82) is 0 Å². The summed E-state index contributed by atoms with van der Waals surface area (Å²) < 4.78 is 4.19. The van der Waals surface area contributed by atoms with Crippen LogP contribution in [-0.4, -0.2) is 16.5 Å². The number of aromatic hydroxyl groups is 1. The largest absolute Gasteiger partial charge is 0.491 e. The van der Waals surface area contributed by atoms with E-state index in [2.05, 4.69) is 9.68 Å². The molecular formula is C4H2NO3. The molecule has 0 atom stereocenters. The Bertz CT molecular complexity index is 193. The van der Waals surface area contributed by atoms with Gasteiger partial charge in [0.15, 0.2) is 0 Å². The van der Waals surface area contributed by atoms with Gasteiger partial charge in [-0.15, -0.1) is 0 Å². The fraction of sp³-hybridized carbons (Fsp3) is 0. The first-order valence-electron chi connectivity index (χ1n) is 1.87. The van der Waals surface area contributed by atoms with Crippen LogP contribution in [0.5, 0.6) is 5.88 Å². The molecule has 8 heavy (non-hydrogen) atoms. The predicted octanol–water partition coefficient (Wildman–Crippen LogP) is -0.162. The summed E-state index contributed by atoms with van der Waals surface area (Å²) in [4.78, 5) is 9.65. The summed E-state index contributed by atoms with van der Waals surface area (Å²) in [7, 11) is 0. The number of nitrogens with zero attached hydrogens (tertiary/aromatic N) is 1. The monoisotopic (exact) mass is 112 g/mol. The molecule has 1 N–H and O–H groups in total. The molecule has 41 valence electrons. The lowest BCUT2D eigenvalue weighted by molar-refractivity contribution is 0.354. The van der Waals surface area contributed by atoms with Gasteiger partial charge in [-0.3, -0.25) is 4.79 Å². The van der Waals surface area contributed by atoms with Crippen molar-refractivity contribution in [3.8, 4) is 5.88 Å². The van der Waals surface area contributed by atoms with Gasteiger partial charge >= 0.3 is 0 Å². The molecule has 4 nitrogen and oxygen atoms in total. The van der Waals surface area contributed by atoms with Crippen molar-refractivity contribution in [2.24, 2.45) is 0 Å². The summed E-state index contributed by atoms with van der Waals surface area (Å²) in [5.41, 5.74) is 0. The van der Waals surface area contributed by atoms with E-state index in [0.29, 0.717) is 0 Å². The summed E-state index contributed by atoms with van der Waals surface area (Å²) >= 11 is 0. The zero-order valence-electron chi connectivity index (χ0n) is 3.79. The number of rotatable bonds is 1. The molecule has 0 amide bonds. The third-order valence-electron chi connectivity index (χ3n) is 0.598. The molecule has 0 aromatic carbocycles. The van der Waals surface area contributed by atoms with E-state index in [9.17, 15) is 4.79 Å². The quantitative estimate of drug-likeness (QED) is 0.548. The molecule has 0 fully saturated rings. The molecule has 1 aromatic heterocycles. The Kier molecular flexibility index (Phi) is 0.997. The lowest BCUT2D eigenvalue weighted by Crippen LogP contribution is -1.67. The van der Waals surface area contributed by atoms with E-state index in [1.54, 1.807) is 0 Å². The van der Waals surface area contributed by atoms with Crippen LogP contribution in [0, 0.1) is 0 Å². The number of hydrogen-bond donors (Lipinski definition) is 1. The molecule has 0 unspecified atom stereocenters. The minimum atomic E-state index is -0.302. The van der Waals surface area contributed by atoms with E-state index < -0.39 is 0 Å². The van der Waals surface area contributed by atoms with Gasteiger partial charge in [-0.05, 0) is 5.16 Å². The lowest BCUT2D eigenvalue weighted by Gasteiger charge is -1.63. The van der Waals surface area contributed by atoms with Crippen molar-refractivity contribution in [3.63, 3.8) is 0 Å². The number of carbonyl (C=O) groups excluding carboxylic acids is 1. The maximum absolute atomic E-state index is 9.65. The first kappa shape index (κ1) is 4.83. The van der Waals surface area contributed by atoms with E-state index >= 15 is 0 Å². The summed E-state index contributed by atoms with van der Waals surface area (Å²) in [5.74, 6) is -0.397. The minimum absolute atomic E-state index is 0.0949. The van der Waals surface area contributed by atoms with Gasteiger partial charge < -0.3 is 9.63 Å². The van der Waals surface area contributed by atoms with E-state index in [1.807, 2.05) is 0 Å². The second-order valence-corrected chi connectivity index (χ2v) is 1.15. The van der Waals surface area contributed by atoms with Crippen LogP contribution in [-0.2, 0) is 4.79 Å². The van der Waals surface area contributed by atoms with Gasteiger partial charge in [-0.1, -0.05) is 0 Å².